The van der Waals surface area contributed by atoms with Crippen LogP contribution < -0.4 is 10.6 Å². The number of benzene rings is 2. The van der Waals surface area contributed by atoms with Gasteiger partial charge in [-0.05, 0) is 66.8 Å². The molecule has 4 rings (SSSR count). The second-order valence-electron chi connectivity index (χ2n) is 10.5. The van der Waals surface area contributed by atoms with Gasteiger partial charge in [-0.15, -0.1) is 0 Å². The number of carbonyl (C=O) groups excluding carboxylic acids is 2. The summed E-state index contributed by atoms with van der Waals surface area (Å²) in [5.74, 6) is -1.09. The van der Waals surface area contributed by atoms with Crippen LogP contribution in [0.4, 0.5) is 36.4 Å². The van der Waals surface area contributed by atoms with Gasteiger partial charge in [0.1, 0.15) is 5.82 Å². The Balaban J connectivity index is 1.48. The van der Waals surface area contributed by atoms with Crippen molar-refractivity contribution in [1.29, 1.82) is 0 Å². The number of hydrogen-bond acceptors (Lipinski definition) is 3. The zero-order valence-corrected chi connectivity index (χ0v) is 21.1. The summed E-state index contributed by atoms with van der Waals surface area (Å²) < 4.78 is 93.4. The van der Waals surface area contributed by atoms with Crippen LogP contribution in [0.25, 0.3) is 0 Å². The maximum absolute atomic E-state index is 14.0. The van der Waals surface area contributed by atoms with E-state index < -0.39 is 53.1 Å². The lowest BCUT2D eigenvalue weighted by atomic mass is 9.80. The molecule has 2 N–H and O–H groups in total. The first-order valence-corrected chi connectivity index (χ1v) is 12.5. The third-order valence-corrected chi connectivity index (χ3v) is 7.14. The average molecular weight is 560 g/mol. The van der Waals surface area contributed by atoms with Gasteiger partial charge in [-0.2, -0.15) is 26.3 Å². The molecule has 1 aliphatic carbocycles. The van der Waals surface area contributed by atoms with Crippen LogP contribution in [0.1, 0.15) is 54.9 Å². The first-order valence-electron chi connectivity index (χ1n) is 12.5. The zero-order chi connectivity index (χ0) is 28.6. The molecule has 39 heavy (non-hydrogen) atoms. The highest BCUT2D eigenvalue weighted by Gasteiger charge is 2.47. The first kappa shape index (κ1) is 28.8. The molecule has 1 atom stereocenters. The number of alkyl halides is 6. The van der Waals surface area contributed by atoms with Crippen molar-refractivity contribution in [3.05, 3.63) is 64.5 Å². The average Bonchev–Trinajstić information content (AvgIpc) is 3.55. The van der Waals surface area contributed by atoms with Crippen LogP contribution in [0.2, 0.25) is 0 Å². The van der Waals surface area contributed by atoms with Crippen LogP contribution in [0.5, 0.6) is 0 Å². The number of carbonyl (C=O) groups is 2. The fourth-order valence-corrected chi connectivity index (χ4v) is 5.12. The smallest absolute Gasteiger partial charge is 0.352 e. The molecule has 2 aliphatic rings. The van der Waals surface area contributed by atoms with Gasteiger partial charge in [0.25, 0.3) is 0 Å². The topological polar surface area (TPSA) is 61.4 Å². The van der Waals surface area contributed by atoms with E-state index in [0.717, 1.165) is 12.8 Å². The van der Waals surface area contributed by atoms with E-state index in [2.05, 4.69) is 10.6 Å². The minimum Gasteiger partial charge on any atom is -0.352 e. The van der Waals surface area contributed by atoms with Gasteiger partial charge in [0, 0.05) is 26.6 Å². The normalized spacial score (nSPS) is 20.2. The van der Waals surface area contributed by atoms with Crippen molar-refractivity contribution in [3.8, 4) is 0 Å². The van der Waals surface area contributed by atoms with Crippen molar-refractivity contribution in [1.82, 2.24) is 10.2 Å². The fraction of sp³-hybridized carbons (Fsp3) is 0.481. The van der Waals surface area contributed by atoms with Crippen molar-refractivity contribution in [2.75, 3.05) is 18.4 Å². The number of likely N-dealkylation sites (tertiary alicyclic amines) is 1. The summed E-state index contributed by atoms with van der Waals surface area (Å²) in [4.78, 5) is 26.8. The first-order chi connectivity index (χ1) is 18.1. The number of nitrogens with zero attached hydrogens (tertiary/aromatic N) is 1. The highest BCUT2D eigenvalue weighted by atomic mass is 19.4. The number of anilines is 1. The second-order valence-corrected chi connectivity index (χ2v) is 10.5. The predicted octanol–water partition coefficient (Wildman–Crippen LogP) is 6.13. The Bertz CT molecular complexity index is 1210. The Morgan fingerprint density at radius 3 is 2.18 bits per heavy atom. The molecule has 212 valence electrons. The van der Waals surface area contributed by atoms with Crippen LogP contribution in [0, 0.1) is 17.2 Å². The highest BCUT2D eigenvalue weighted by Crippen LogP contribution is 2.46. The SMILES string of the molecule is CC(=O)Nc1cc(CN2CCC(CC3CC3)(C(=O)NCc3cc(C(F)(F)F)cc(C(F)(F)F)c3)C2)ccc1F. The number of halogens is 7. The van der Waals surface area contributed by atoms with Gasteiger partial charge >= 0.3 is 12.4 Å². The minimum absolute atomic E-state index is 0.0421. The maximum atomic E-state index is 14.0. The Kier molecular flexibility index (Phi) is 7.98. The Hall–Kier alpha value is -3.15. The third-order valence-electron chi connectivity index (χ3n) is 7.14. The third kappa shape index (κ3) is 7.28. The van der Waals surface area contributed by atoms with E-state index in [9.17, 15) is 40.3 Å². The molecular formula is C27H28F7N3O2. The molecule has 0 bridgehead atoms. The molecule has 1 saturated heterocycles. The molecule has 0 spiro atoms. The second kappa shape index (κ2) is 10.8. The molecule has 1 saturated carbocycles. The van der Waals surface area contributed by atoms with Gasteiger partial charge in [0.15, 0.2) is 0 Å². The largest absolute Gasteiger partial charge is 0.416 e. The molecule has 1 aliphatic heterocycles. The van der Waals surface area contributed by atoms with Gasteiger partial charge in [-0.3, -0.25) is 14.5 Å². The van der Waals surface area contributed by atoms with E-state index in [4.69, 9.17) is 0 Å². The lowest BCUT2D eigenvalue weighted by Crippen LogP contribution is -2.43. The molecular weight excluding hydrogens is 531 g/mol. The van der Waals surface area contributed by atoms with Gasteiger partial charge in [-0.25, -0.2) is 4.39 Å². The van der Waals surface area contributed by atoms with Gasteiger partial charge < -0.3 is 10.6 Å². The quantitative estimate of drug-likeness (QED) is 0.383. The summed E-state index contributed by atoms with van der Waals surface area (Å²) in [7, 11) is 0. The van der Waals surface area contributed by atoms with Crippen LogP contribution in [0.3, 0.4) is 0 Å². The lowest BCUT2D eigenvalue weighted by molar-refractivity contribution is -0.143. The summed E-state index contributed by atoms with van der Waals surface area (Å²) in [6.07, 6.45) is -7.01. The fourth-order valence-electron chi connectivity index (χ4n) is 5.12. The number of amides is 2. The Labute approximate surface area is 220 Å². The van der Waals surface area contributed by atoms with Crippen LogP contribution >= 0.6 is 0 Å². The molecule has 1 unspecified atom stereocenters. The van der Waals surface area contributed by atoms with Crippen molar-refractivity contribution in [3.63, 3.8) is 0 Å². The van der Waals surface area contributed by atoms with E-state index in [1.807, 2.05) is 4.90 Å². The van der Waals surface area contributed by atoms with E-state index in [1.165, 1.54) is 19.1 Å². The van der Waals surface area contributed by atoms with Crippen molar-refractivity contribution >= 4 is 17.5 Å². The van der Waals surface area contributed by atoms with Gasteiger partial charge in [0.2, 0.25) is 11.8 Å². The highest BCUT2D eigenvalue weighted by molar-refractivity contribution is 5.88. The van der Waals surface area contributed by atoms with Gasteiger partial charge in [0.05, 0.1) is 22.2 Å². The molecule has 0 aromatic heterocycles. The van der Waals surface area contributed by atoms with E-state index >= 15 is 0 Å². The Morgan fingerprint density at radius 2 is 1.62 bits per heavy atom. The van der Waals surface area contributed by atoms with Crippen LogP contribution in [0.15, 0.2) is 36.4 Å². The summed E-state index contributed by atoms with van der Waals surface area (Å²) in [6.45, 7) is 2.01. The van der Waals surface area contributed by atoms with Crippen molar-refractivity contribution in [2.45, 2.75) is 58.0 Å². The lowest BCUT2D eigenvalue weighted by Gasteiger charge is -2.29. The minimum atomic E-state index is -4.97. The summed E-state index contributed by atoms with van der Waals surface area (Å²) in [5, 5.41) is 5.03. The number of nitrogens with one attached hydrogen (secondary N) is 2. The van der Waals surface area contributed by atoms with E-state index in [-0.39, 0.29) is 17.3 Å². The Morgan fingerprint density at radius 1 is 0.974 bits per heavy atom. The van der Waals surface area contributed by atoms with Crippen LogP contribution in [-0.4, -0.2) is 29.8 Å². The predicted molar refractivity (Wildman–Crippen MR) is 129 cm³/mol. The maximum Gasteiger partial charge on any atom is 0.416 e. The zero-order valence-electron chi connectivity index (χ0n) is 21.1. The van der Waals surface area contributed by atoms with Crippen molar-refractivity contribution in [2.24, 2.45) is 11.3 Å². The van der Waals surface area contributed by atoms with E-state index in [1.54, 1.807) is 6.07 Å². The molecule has 2 fully saturated rings. The standard InChI is InChI=1S/C27H28F7N3O2/c1-16(38)36-23-10-18(4-5-22(23)28)14-37-7-6-25(15-37,12-17-2-3-17)24(39)35-13-19-8-20(26(29,30)31)11-21(9-19)27(32,33)34/h4-5,8-11,17H,2-3,6-7,12-15H2,1H3,(H,35,39)(H,36,38). The summed E-state index contributed by atoms with van der Waals surface area (Å²) >= 11 is 0. The monoisotopic (exact) mass is 559 g/mol. The number of hydrogen-bond donors (Lipinski definition) is 2. The van der Waals surface area contributed by atoms with E-state index in [0.29, 0.717) is 56.1 Å². The molecule has 12 heteroatoms. The summed E-state index contributed by atoms with van der Waals surface area (Å²) in [5.41, 5.74) is -3.25. The number of rotatable bonds is 8. The molecule has 0 radical (unpaired) electrons. The molecule has 2 aromatic rings. The van der Waals surface area contributed by atoms with Crippen LogP contribution in [-0.2, 0) is 35.0 Å². The summed E-state index contributed by atoms with van der Waals surface area (Å²) in [6, 6.07) is 5.63. The molecule has 2 amide bonds. The molecule has 2 aromatic carbocycles. The molecule has 1 heterocycles. The van der Waals surface area contributed by atoms with Gasteiger partial charge in [-0.1, -0.05) is 18.9 Å². The molecule has 5 nitrogen and oxygen atoms in total. The van der Waals surface area contributed by atoms with Crippen molar-refractivity contribution < 1.29 is 40.3 Å².